The van der Waals surface area contributed by atoms with E-state index in [4.69, 9.17) is 27.9 Å². The van der Waals surface area contributed by atoms with Crippen molar-refractivity contribution < 1.29 is 4.74 Å². The summed E-state index contributed by atoms with van der Waals surface area (Å²) in [6, 6.07) is 4.78. The molecule has 0 amide bonds. The van der Waals surface area contributed by atoms with Crippen molar-refractivity contribution in [2.75, 3.05) is 7.11 Å². The molecule has 0 aromatic carbocycles. The molecule has 82 valence electrons. The van der Waals surface area contributed by atoms with Gasteiger partial charge in [0.2, 0.25) is 5.88 Å². The number of nitrogens with zero attached hydrogens (tertiary/aromatic N) is 4. The number of ether oxygens (including phenoxy) is 1. The van der Waals surface area contributed by atoms with Gasteiger partial charge < -0.3 is 4.74 Å². The van der Waals surface area contributed by atoms with E-state index in [0.717, 1.165) is 0 Å². The van der Waals surface area contributed by atoms with Crippen LogP contribution in [0.2, 0.25) is 10.3 Å². The quantitative estimate of drug-likeness (QED) is 0.772. The van der Waals surface area contributed by atoms with E-state index in [-0.39, 0.29) is 10.3 Å². The molecular formula is C9H6Cl2N4O. The van der Waals surface area contributed by atoms with E-state index < -0.39 is 0 Å². The molecule has 0 fully saturated rings. The predicted octanol–water partition coefficient (Wildman–Crippen LogP) is 2.25. The fourth-order valence-electron chi connectivity index (χ4n) is 1.05. The van der Waals surface area contributed by atoms with Gasteiger partial charge in [0, 0.05) is 12.1 Å². The van der Waals surface area contributed by atoms with Crippen molar-refractivity contribution in [1.29, 1.82) is 0 Å². The van der Waals surface area contributed by atoms with Gasteiger partial charge in [-0.1, -0.05) is 23.2 Å². The van der Waals surface area contributed by atoms with Gasteiger partial charge in [-0.3, -0.25) is 0 Å². The van der Waals surface area contributed by atoms with Gasteiger partial charge in [0.05, 0.1) is 7.11 Å². The minimum absolute atomic E-state index is 0.257. The van der Waals surface area contributed by atoms with E-state index >= 15 is 0 Å². The average molecular weight is 257 g/mol. The van der Waals surface area contributed by atoms with E-state index in [1.54, 1.807) is 12.1 Å². The summed E-state index contributed by atoms with van der Waals surface area (Å²) < 4.78 is 4.89. The number of methoxy groups -OCH3 is 1. The predicted molar refractivity (Wildman–Crippen MR) is 59.6 cm³/mol. The first-order chi connectivity index (χ1) is 7.69. The first kappa shape index (κ1) is 11.0. The van der Waals surface area contributed by atoms with Crippen LogP contribution in [0.1, 0.15) is 0 Å². The minimum atomic E-state index is 0.257. The zero-order valence-electron chi connectivity index (χ0n) is 8.19. The molecule has 0 bridgehead atoms. The lowest BCUT2D eigenvalue weighted by atomic mass is 10.3. The highest BCUT2D eigenvalue weighted by molar-refractivity contribution is 6.33. The molecule has 0 spiro atoms. The Morgan fingerprint density at radius 2 is 1.75 bits per heavy atom. The van der Waals surface area contributed by atoms with Gasteiger partial charge in [0.25, 0.3) is 0 Å². The normalized spacial score (nSPS) is 10.2. The van der Waals surface area contributed by atoms with Gasteiger partial charge in [-0.15, -0.1) is 10.2 Å². The van der Waals surface area contributed by atoms with Crippen LogP contribution in [0.3, 0.4) is 0 Å². The Morgan fingerprint density at radius 3 is 2.25 bits per heavy atom. The smallest absolute Gasteiger partial charge is 0.233 e. The molecule has 0 aliphatic heterocycles. The maximum Gasteiger partial charge on any atom is 0.233 e. The number of hydrogen-bond donors (Lipinski definition) is 0. The molecule has 7 heteroatoms. The monoisotopic (exact) mass is 256 g/mol. The SMILES string of the molecule is COc1ccc(-c2nc(Cl)cc(Cl)n2)nn1. The van der Waals surface area contributed by atoms with Gasteiger partial charge in [0.15, 0.2) is 5.82 Å². The Kier molecular flexibility index (Phi) is 3.17. The largest absolute Gasteiger partial charge is 0.480 e. The van der Waals surface area contributed by atoms with Gasteiger partial charge in [-0.05, 0) is 6.07 Å². The van der Waals surface area contributed by atoms with Crippen molar-refractivity contribution in [2.45, 2.75) is 0 Å². The van der Waals surface area contributed by atoms with Gasteiger partial charge in [0.1, 0.15) is 16.0 Å². The van der Waals surface area contributed by atoms with E-state index in [0.29, 0.717) is 17.4 Å². The highest BCUT2D eigenvalue weighted by Crippen LogP contribution is 2.18. The van der Waals surface area contributed by atoms with Gasteiger partial charge in [-0.2, -0.15) is 0 Å². The Balaban J connectivity index is 2.42. The van der Waals surface area contributed by atoms with Crippen molar-refractivity contribution in [3.05, 3.63) is 28.5 Å². The van der Waals surface area contributed by atoms with Crippen LogP contribution >= 0.6 is 23.2 Å². The standard InChI is InChI=1S/C9H6Cl2N4O/c1-16-8-3-2-5(14-15-8)9-12-6(10)4-7(11)13-9/h2-4H,1H3. The maximum absolute atomic E-state index is 5.75. The molecule has 2 aromatic heterocycles. The van der Waals surface area contributed by atoms with Crippen molar-refractivity contribution in [3.8, 4) is 17.4 Å². The van der Waals surface area contributed by atoms with Crippen LogP contribution in [0.4, 0.5) is 0 Å². The Morgan fingerprint density at radius 1 is 1.06 bits per heavy atom. The van der Waals surface area contributed by atoms with Crippen molar-refractivity contribution in [3.63, 3.8) is 0 Å². The van der Waals surface area contributed by atoms with Crippen LogP contribution in [0.5, 0.6) is 5.88 Å². The molecule has 0 saturated heterocycles. The molecule has 0 aliphatic carbocycles. The first-order valence-electron chi connectivity index (χ1n) is 4.27. The third kappa shape index (κ3) is 2.37. The molecule has 16 heavy (non-hydrogen) atoms. The lowest BCUT2D eigenvalue weighted by Crippen LogP contribution is -1.96. The third-order valence-corrected chi connectivity index (χ3v) is 2.13. The van der Waals surface area contributed by atoms with Crippen LogP contribution in [-0.2, 0) is 0 Å². The van der Waals surface area contributed by atoms with Crippen LogP contribution < -0.4 is 4.74 Å². The highest BCUT2D eigenvalue weighted by atomic mass is 35.5. The zero-order valence-corrected chi connectivity index (χ0v) is 9.70. The van der Waals surface area contributed by atoms with E-state index in [1.807, 2.05) is 0 Å². The lowest BCUT2D eigenvalue weighted by molar-refractivity contribution is 0.392. The van der Waals surface area contributed by atoms with Gasteiger partial charge in [-0.25, -0.2) is 9.97 Å². The molecule has 2 rings (SSSR count). The second-order valence-corrected chi connectivity index (χ2v) is 3.57. The molecule has 0 atom stereocenters. The average Bonchev–Trinajstić information content (AvgIpc) is 2.28. The minimum Gasteiger partial charge on any atom is -0.480 e. The summed E-state index contributed by atoms with van der Waals surface area (Å²) in [7, 11) is 1.51. The van der Waals surface area contributed by atoms with Crippen molar-refractivity contribution in [1.82, 2.24) is 20.2 Å². The molecule has 5 nitrogen and oxygen atoms in total. The van der Waals surface area contributed by atoms with E-state index in [1.165, 1.54) is 13.2 Å². The second kappa shape index (κ2) is 4.59. The topological polar surface area (TPSA) is 60.8 Å². The lowest BCUT2D eigenvalue weighted by Gasteiger charge is -2.01. The summed E-state index contributed by atoms with van der Waals surface area (Å²) in [4.78, 5) is 7.97. The molecule has 0 saturated carbocycles. The molecule has 0 N–H and O–H groups in total. The fourth-order valence-corrected chi connectivity index (χ4v) is 1.48. The van der Waals surface area contributed by atoms with Crippen molar-refractivity contribution in [2.24, 2.45) is 0 Å². The van der Waals surface area contributed by atoms with Crippen molar-refractivity contribution >= 4 is 23.2 Å². The highest BCUT2D eigenvalue weighted by Gasteiger charge is 2.07. The summed E-state index contributed by atoms with van der Waals surface area (Å²) >= 11 is 11.5. The molecule has 0 radical (unpaired) electrons. The summed E-state index contributed by atoms with van der Waals surface area (Å²) in [6.45, 7) is 0. The number of hydrogen-bond acceptors (Lipinski definition) is 5. The molecule has 2 aromatic rings. The number of rotatable bonds is 2. The molecule has 0 aliphatic rings. The van der Waals surface area contributed by atoms with Crippen LogP contribution in [0.15, 0.2) is 18.2 Å². The van der Waals surface area contributed by atoms with Crippen LogP contribution in [0.25, 0.3) is 11.5 Å². The molecule has 0 unspecified atom stereocenters. The van der Waals surface area contributed by atoms with Crippen LogP contribution in [0, 0.1) is 0 Å². The zero-order chi connectivity index (χ0) is 11.5. The van der Waals surface area contributed by atoms with E-state index in [9.17, 15) is 0 Å². The second-order valence-electron chi connectivity index (χ2n) is 2.80. The Bertz CT molecular complexity index is 483. The summed E-state index contributed by atoms with van der Waals surface area (Å²) in [5, 5.41) is 8.19. The summed E-state index contributed by atoms with van der Waals surface area (Å²) in [5.74, 6) is 0.740. The Labute approximate surface area is 101 Å². The molecular weight excluding hydrogens is 251 g/mol. The third-order valence-electron chi connectivity index (χ3n) is 1.74. The van der Waals surface area contributed by atoms with Crippen LogP contribution in [-0.4, -0.2) is 27.3 Å². The Hall–Kier alpha value is -1.46. The molecule has 2 heterocycles. The summed E-state index contributed by atoms with van der Waals surface area (Å²) in [5.41, 5.74) is 0.477. The number of aromatic nitrogens is 4. The number of halogens is 2. The van der Waals surface area contributed by atoms with E-state index in [2.05, 4.69) is 20.2 Å². The first-order valence-corrected chi connectivity index (χ1v) is 5.03. The fraction of sp³-hybridized carbons (Fsp3) is 0.111. The maximum atomic E-state index is 5.75. The van der Waals surface area contributed by atoms with Gasteiger partial charge >= 0.3 is 0 Å². The summed E-state index contributed by atoms with van der Waals surface area (Å²) in [6.07, 6.45) is 0.